The number of ether oxygens (including phenoxy) is 3. The van der Waals surface area contributed by atoms with Crippen molar-refractivity contribution in [2.75, 3.05) is 33.5 Å². The van der Waals surface area contributed by atoms with E-state index in [2.05, 4.69) is 24.1 Å². The van der Waals surface area contributed by atoms with Crippen LogP contribution in [-0.4, -0.2) is 134 Å². The van der Waals surface area contributed by atoms with E-state index in [-0.39, 0.29) is 48.0 Å². The Hall–Kier alpha value is -1.96. The van der Waals surface area contributed by atoms with Crippen molar-refractivity contribution in [3.8, 4) is 11.8 Å². The van der Waals surface area contributed by atoms with Crippen LogP contribution in [0, 0.1) is 63.6 Å². The fourth-order valence-corrected chi connectivity index (χ4v) is 15.5. The molecule has 1 amide bonds. The van der Waals surface area contributed by atoms with E-state index in [4.69, 9.17) is 14.2 Å². The summed E-state index contributed by atoms with van der Waals surface area (Å²) >= 11 is 0. The molecular weight excluding hydrogens is 732 g/mol. The Kier molecular flexibility index (Phi) is 8.96. The fraction of sp³-hybridized carbons (Fsp3) is 0.864. The quantitative estimate of drug-likeness (QED) is 0.0879. The number of amides is 1. The minimum Gasteiger partial charge on any atom is -0.396 e. The Morgan fingerprint density at radius 1 is 1.02 bits per heavy atom. The van der Waals surface area contributed by atoms with Gasteiger partial charge in [-0.25, -0.2) is 0 Å². The van der Waals surface area contributed by atoms with E-state index < -0.39 is 82.1 Å². The van der Waals surface area contributed by atoms with E-state index in [1.54, 1.807) is 12.0 Å². The maximum Gasteiger partial charge on any atom is 0.240 e. The molecule has 5 heterocycles. The van der Waals surface area contributed by atoms with Crippen LogP contribution < -0.4 is 5.32 Å². The number of fused-ring (bicyclic) bond motifs is 3. The van der Waals surface area contributed by atoms with Crippen molar-refractivity contribution in [2.24, 2.45) is 51.8 Å². The highest BCUT2D eigenvalue weighted by Crippen LogP contribution is 2.81. The lowest BCUT2D eigenvalue weighted by atomic mass is 9.32. The molecule has 0 unspecified atom stereocenters. The smallest absolute Gasteiger partial charge is 0.240 e. The van der Waals surface area contributed by atoms with E-state index >= 15 is 4.79 Å². The fourth-order valence-electron chi connectivity index (χ4n) is 15.5. The van der Waals surface area contributed by atoms with E-state index in [0.29, 0.717) is 76.7 Å². The van der Waals surface area contributed by atoms with Gasteiger partial charge in [-0.1, -0.05) is 19.3 Å². The molecule has 11 rings (SSSR count). The molecule has 314 valence electrons. The molecule has 7 N–H and O–H groups in total. The first kappa shape index (κ1) is 39.2. The predicted molar refractivity (Wildman–Crippen MR) is 202 cm³/mol. The summed E-state index contributed by atoms with van der Waals surface area (Å²) in [5.41, 5.74) is -4.82. The summed E-state index contributed by atoms with van der Waals surface area (Å²) in [5, 5.41) is 77.1. The van der Waals surface area contributed by atoms with Crippen molar-refractivity contribution in [1.82, 2.24) is 10.2 Å². The van der Waals surface area contributed by atoms with Crippen LogP contribution in [0.1, 0.15) is 97.3 Å². The third-order valence-electron chi connectivity index (χ3n) is 18.2. The molecule has 4 saturated carbocycles. The predicted octanol–water partition coefficient (Wildman–Crippen LogP) is 1.15. The second-order valence-corrected chi connectivity index (χ2v) is 20.3. The largest absolute Gasteiger partial charge is 0.396 e. The number of nitrogens with one attached hydrogen (secondary N) is 1. The Morgan fingerprint density at radius 3 is 2.60 bits per heavy atom. The molecule has 3 saturated heterocycles. The molecule has 6 aliphatic carbocycles. The van der Waals surface area contributed by atoms with E-state index in [0.717, 1.165) is 31.3 Å². The van der Waals surface area contributed by atoms with Gasteiger partial charge in [-0.3, -0.25) is 14.9 Å². The second-order valence-electron chi connectivity index (χ2n) is 20.3. The lowest BCUT2D eigenvalue weighted by Crippen LogP contribution is -2.74. The van der Waals surface area contributed by atoms with Gasteiger partial charge in [0.05, 0.1) is 29.2 Å². The summed E-state index contributed by atoms with van der Waals surface area (Å²) in [5.74, 6) is 1.40. The van der Waals surface area contributed by atoms with Crippen LogP contribution in [0.4, 0.5) is 0 Å². The first-order valence-electron chi connectivity index (χ1n) is 21.9. The van der Waals surface area contributed by atoms with Crippen LogP contribution in [0.25, 0.3) is 0 Å². The summed E-state index contributed by atoms with van der Waals surface area (Å²) in [7, 11) is 1.68. The lowest BCUT2D eigenvalue weighted by Gasteiger charge is -2.71. The highest BCUT2D eigenvalue weighted by Gasteiger charge is 2.82. The van der Waals surface area contributed by atoms with Gasteiger partial charge in [0, 0.05) is 63.1 Å². The number of allylic oxidation sites excluding steroid dienone is 1. The first-order valence-corrected chi connectivity index (χ1v) is 21.9. The molecule has 2 spiro atoms. The molecule has 7 fully saturated rings. The number of carbonyl (C=O) groups excluding carboxylic acids is 2. The number of nitrogens with zero attached hydrogens (tertiary/aromatic N) is 1. The summed E-state index contributed by atoms with van der Waals surface area (Å²) in [4.78, 5) is 30.9. The van der Waals surface area contributed by atoms with Gasteiger partial charge in [-0.2, -0.15) is 0 Å². The van der Waals surface area contributed by atoms with Crippen LogP contribution in [-0.2, 0) is 23.8 Å². The van der Waals surface area contributed by atoms with E-state index in [9.17, 15) is 35.4 Å². The van der Waals surface area contributed by atoms with E-state index in [1.807, 2.05) is 0 Å². The molecule has 17 atom stereocenters. The van der Waals surface area contributed by atoms with Gasteiger partial charge >= 0.3 is 0 Å². The Bertz CT molecular complexity index is 1810. The van der Waals surface area contributed by atoms with Gasteiger partial charge in [0.1, 0.15) is 24.0 Å². The van der Waals surface area contributed by atoms with E-state index in [1.165, 1.54) is 6.92 Å². The highest BCUT2D eigenvalue weighted by molar-refractivity contribution is 6.01. The first-order chi connectivity index (χ1) is 27.1. The van der Waals surface area contributed by atoms with Crippen molar-refractivity contribution in [3.63, 3.8) is 0 Å². The van der Waals surface area contributed by atoms with Gasteiger partial charge < -0.3 is 49.7 Å². The molecule has 0 aromatic heterocycles. The number of aliphatic hydroxyl groups is 6. The molecule has 0 aromatic rings. The molecule has 0 aromatic carbocycles. The van der Waals surface area contributed by atoms with Crippen molar-refractivity contribution < 1.29 is 54.4 Å². The Morgan fingerprint density at radius 2 is 1.82 bits per heavy atom. The number of Topliss-reactive ketones (excluding diaryl/α,β-unsaturated/α-hetero) is 1. The third kappa shape index (κ3) is 4.89. The molecule has 13 heteroatoms. The molecular formula is C44H62N2O11. The summed E-state index contributed by atoms with van der Waals surface area (Å²) in [6.45, 7) is 4.83. The van der Waals surface area contributed by atoms with Crippen molar-refractivity contribution >= 4 is 11.7 Å². The van der Waals surface area contributed by atoms with Gasteiger partial charge in [-0.05, 0) is 112 Å². The maximum atomic E-state index is 15.2. The van der Waals surface area contributed by atoms with Crippen molar-refractivity contribution in [3.05, 3.63) is 11.1 Å². The number of hydrogen-bond acceptors (Lipinski definition) is 12. The average Bonchev–Trinajstić information content (AvgIpc) is 3.78. The molecule has 5 aliphatic heterocycles. The summed E-state index contributed by atoms with van der Waals surface area (Å²) in [6.07, 6.45) is 3.55. The van der Waals surface area contributed by atoms with Crippen LogP contribution in [0.15, 0.2) is 11.1 Å². The zero-order chi connectivity index (χ0) is 40.1. The Balaban J connectivity index is 1.15. The van der Waals surface area contributed by atoms with Crippen LogP contribution in [0.3, 0.4) is 0 Å². The van der Waals surface area contributed by atoms with Crippen LogP contribution in [0.2, 0.25) is 0 Å². The molecule has 0 radical (unpaired) electrons. The van der Waals surface area contributed by atoms with Gasteiger partial charge in [0.2, 0.25) is 11.7 Å². The normalized spacial score (nSPS) is 52.8. The zero-order valence-corrected chi connectivity index (χ0v) is 33.6. The third-order valence-corrected chi connectivity index (χ3v) is 18.2. The van der Waals surface area contributed by atoms with Gasteiger partial charge in [0.25, 0.3) is 0 Å². The van der Waals surface area contributed by atoms with Crippen LogP contribution >= 0.6 is 0 Å². The standard InChI is InChI=1S/C44H62N2O11/c1-39-14-11-26(56-16-6-15-55-3)18-30(39)33(48)27-10-9-23-17-32-40(2,51)44(53,54)36-29(22-47)28-19-31(45-37(49)34(28)57-36)38(50)46-21-25(46)8-5-13-42(39)24-7-4-12-41(32,20-24)43(23,52)35(27)42/h23-26,28-32,34,36-37,45,47,49,51-54H,4,6-12,14-22H2,1-3H3/t23-,24-,25-,26-,28+,29+,30-,31-,32+,34+,36-,37-,39-,40-,41+,42-,43+,46?/m0/s1. The van der Waals surface area contributed by atoms with Crippen molar-refractivity contribution in [2.45, 2.75) is 151 Å². The molecule has 57 heavy (non-hydrogen) atoms. The second kappa shape index (κ2) is 13.0. The minimum atomic E-state index is -2.92. The topological polar surface area (TPSA) is 198 Å². The number of carbonyl (C=O) groups is 2. The highest BCUT2D eigenvalue weighted by atomic mass is 16.6. The molecule has 11 aliphatic rings. The maximum absolute atomic E-state index is 15.2. The molecule has 8 bridgehead atoms. The number of methoxy groups -OCH3 is 1. The average molecular weight is 795 g/mol. The number of aliphatic hydroxyl groups excluding tert-OH is 2. The van der Waals surface area contributed by atoms with Gasteiger partial charge in [-0.15, -0.1) is 5.92 Å². The minimum absolute atomic E-state index is 0.0739. The number of rotatable bonds is 6. The number of piperidine rings is 1. The zero-order valence-electron chi connectivity index (χ0n) is 33.6. The summed E-state index contributed by atoms with van der Waals surface area (Å²) < 4.78 is 17.9. The number of hydrogen-bond donors (Lipinski definition) is 7. The SMILES string of the molecule is COCCCO[C@H]1CC[C@@]2(C)[C@@H](C1)C(=O)C1=C3[C@]4(O)[C@@H](CC1)C[C@H]1[C@]45CCC[C@@H](C5)[C@@]32C#CC[C@H]2CN2C(=O)[C@@H]2C[C@@H]3[C@@H](CO)[C@H](O[C@H]3[C@H](O)N2)C(O)(O)[C@@]1(C)O. The van der Waals surface area contributed by atoms with Crippen LogP contribution in [0.5, 0.6) is 0 Å². The summed E-state index contributed by atoms with van der Waals surface area (Å²) in [6, 6.07) is -0.899. The number of ketones is 1. The van der Waals surface area contributed by atoms with Gasteiger partial charge in [0.15, 0.2) is 5.78 Å². The Labute approximate surface area is 334 Å². The lowest BCUT2D eigenvalue weighted by molar-refractivity contribution is -0.348. The molecule has 13 nitrogen and oxygen atoms in total. The monoisotopic (exact) mass is 794 g/mol. The van der Waals surface area contributed by atoms with Crippen molar-refractivity contribution in [1.29, 1.82) is 0 Å².